The Hall–Kier alpha value is -3.05. The fourth-order valence-electron chi connectivity index (χ4n) is 3.34. The van der Waals surface area contributed by atoms with Crippen molar-refractivity contribution in [3.63, 3.8) is 0 Å². The van der Waals surface area contributed by atoms with E-state index >= 15 is 0 Å². The van der Waals surface area contributed by atoms with E-state index < -0.39 is 0 Å². The lowest BCUT2D eigenvalue weighted by Crippen LogP contribution is -2.41. The minimum atomic E-state index is -0.0719. The van der Waals surface area contributed by atoms with Crippen molar-refractivity contribution >= 4 is 28.5 Å². The van der Waals surface area contributed by atoms with Gasteiger partial charge in [-0.05, 0) is 36.6 Å². The first-order valence-corrected chi connectivity index (χ1v) is 11.1. The van der Waals surface area contributed by atoms with Gasteiger partial charge in [0.1, 0.15) is 5.75 Å². The van der Waals surface area contributed by atoms with Crippen LogP contribution >= 0.6 is 11.8 Å². The van der Waals surface area contributed by atoms with E-state index in [9.17, 15) is 4.79 Å². The molecule has 152 valence electrons. The van der Waals surface area contributed by atoms with Gasteiger partial charge < -0.3 is 4.74 Å². The number of amides is 1. The maximum atomic E-state index is 13.0. The van der Waals surface area contributed by atoms with Gasteiger partial charge in [-0.25, -0.2) is 4.99 Å². The third-order valence-electron chi connectivity index (χ3n) is 4.94. The molecule has 4 rings (SSSR count). The van der Waals surface area contributed by atoms with Gasteiger partial charge in [-0.1, -0.05) is 78.5 Å². The maximum Gasteiger partial charge on any atom is 0.266 e. The Bertz CT molecular complexity index is 1050. The third-order valence-corrected chi connectivity index (χ3v) is 6.01. The molecule has 0 aliphatic carbocycles. The fraction of sp³-hybridized carbons (Fsp3) is 0.200. The van der Waals surface area contributed by atoms with Crippen molar-refractivity contribution in [3.8, 4) is 16.9 Å². The molecule has 30 heavy (non-hydrogen) atoms. The van der Waals surface area contributed by atoms with E-state index in [0.717, 1.165) is 39.7 Å². The number of hydrogen-bond donors (Lipinski definition) is 0. The van der Waals surface area contributed by atoms with Gasteiger partial charge in [0.15, 0.2) is 11.8 Å². The summed E-state index contributed by atoms with van der Waals surface area (Å²) in [6.07, 6.45) is 0.948. The molecule has 0 spiro atoms. The van der Waals surface area contributed by atoms with Crippen LogP contribution in [0.3, 0.4) is 0 Å². The van der Waals surface area contributed by atoms with Crippen LogP contribution in [-0.4, -0.2) is 34.9 Å². The number of para-hydroxylation sites is 2. The predicted molar refractivity (Wildman–Crippen MR) is 124 cm³/mol. The Morgan fingerprint density at radius 3 is 2.57 bits per heavy atom. The van der Waals surface area contributed by atoms with Crippen LogP contribution in [0.15, 0.2) is 83.9 Å². The first-order valence-electron chi connectivity index (χ1n) is 10.1. The van der Waals surface area contributed by atoms with Gasteiger partial charge in [0, 0.05) is 17.9 Å². The number of carbonyl (C=O) groups excluding carboxylic acids is 1. The normalized spacial score (nSPS) is 15.2. The second kappa shape index (κ2) is 9.63. The Morgan fingerprint density at radius 1 is 1.00 bits per heavy atom. The van der Waals surface area contributed by atoms with E-state index in [1.165, 1.54) is 0 Å². The molecule has 1 saturated heterocycles. The van der Waals surface area contributed by atoms with Crippen LogP contribution in [0.5, 0.6) is 5.75 Å². The highest BCUT2D eigenvalue weighted by atomic mass is 32.2. The molecule has 1 heterocycles. The number of ether oxygens (including phenoxy) is 1. The summed E-state index contributed by atoms with van der Waals surface area (Å²) < 4.78 is 5.97. The predicted octanol–water partition coefficient (Wildman–Crippen LogP) is 5.69. The van der Waals surface area contributed by atoms with Gasteiger partial charge in [0.05, 0.1) is 5.69 Å². The number of benzene rings is 3. The van der Waals surface area contributed by atoms with Crippen molar-refractivity contribution < 1.29 is 9.53 Å². The molecule has 4 nitrogen and oxygen atoms in total. The van der Waals surface area contributed by atoms with E-state index in [1.54, 1.807) is 16.7 Å². The molecule has 0 unspecified atom stereocenters. The van der Waals surface area contributed by atoms with Crippen molar-refractivity contribution in [2.75, 3.05) is 18.9 Å². The van der Waals surface area contributed by atoms with Crippen LogP contribution in [0, 0.1) is 6.92 Å². The average Bonchev–Trinajstić information content (AvgIpc) is 2.80. The Balaban J connectivity index is 1.51. The number of aryl methyl sites for hydroxylation is 1. The summed E-state index contributed by atoms with van der Waals surface area (Å²) in [6.45, 7) is 2.68. The number of rotatable bonds is 5. The maximum absolute atomic E-state index is 13.0. The van der Waals surface area contributed by atoms with Crippen LogP contribution in [0.2, 0.25) is 0 Å². The number of carbonyl (C=O) groups is 1. The first kappa shape index (κ1) is 20.2. The van der Waals surface area contributed by atoms with Crippen molar-refractivity contribution in [1.82, 2.24) is 4.90 Å². The van der Waals surface area contributed by atoms with Crippen molar-refractivity contribution in [2.45, 2.75) is 13.3 Å². The monoisotopic (exact) mass is 416 g/mol. The zero-order valence-corrected chi connectivity index (χ0v) is 17.8. The van der Waals surface area contributed by atoms with Crippen molar-refractivity contribution in [1.29, 1.82) is 0 Å². The summed E-state index contributed by atoms with van der Waals surface area (Å²) in [5.74, 6) is 1.60. The highest BCUT2D eigenvalue weighted by Crippen LogP contribution is 2.30. The zero-order chi connectivity index (χ0) is 20.8. The quantitative estimate of drug-likeness (QED) is 0.536. The summed E-state index contributed by atoms with van der Waals surface area (Å²) in [5, 5.41) is 0.750. The van der Waals surface area contributed by atoms with E-state index in [0.29, 0.717) is 12.3 Å². The molecule has 0 saturated carbocycles. The Kier molecular flexibility index (Phi) is 6.50. The largest absolute Gasteiger partial charge is 0.483 e. The van der Waals surface area contributed by atoms with Gasteiger partial charge in [0.25, 0.3) is 5.91 Å². The van der Waals surface area contributed by atoms with Gasteiger partial charge in [0.2, 0.25) is 0 Å². The number of hydrogen-bond acceptors (Lipinski definition) is 4. The molecule has 1 fully saturated rings. The highest BCUT2D eigenvalue weighted by Gasteiger charge is 2.24. The minimum Gasteiger partial charge on any atom is -0.483 e. The van der Waals surface area contributed by atoms with Crippen LogP contribution in [0.1, 0.15) is 12.0 Å². The topological polar surface area (TPSA) is 41.9 Å². The van der Waals surface area contributed by atoms with Gasteiger partial charge in [-0.2, -0.15) is 0 Å². The summed E-state index contributed by atoms with van der Waals surface area (Å²) in [5.41, 5.74) is 4.04. The molecular formula is C25H24N2O2S. The number of amidine groups is 1. The van der Waals surface area contributed by atoms with E-state index in [2.05, 4.69) is 0 Å². The van der Waals surface area contributed by atoms with Crippen LogP contribution in [0.25, 0.3) is 11.1 Å². The molecule has 0 radical (unpaired) electrons. The second-order valence-corrected chi connectivity index (χ2v) is 8.14. The SMILES string of the molecule is Cc1ccccc1N=C1SCCCN1C(=O)COc1ccccc1-c1ccccc1. The molecule has 0 N–H and O–H groups in total. The molecule has 3 aromatic carbocycles. The highest BCUT2D eigenvalue weighted by molar-refractivity contribution is 8.13. The van der Waals surface area contributed by atoms with Crippen LogP contribution in [-0.2, 0) is 4.79 Å². The summed E-state index contributed by atoms with van der Waals surface area (Å²) in [7, 11) is 0. The molecule has 1 aliphatic rings. The zero-order valence-electron chi connectivity index (χ0n) is 17.0. The van der Waals surface area contributed by atoms with E-state index in [4.69, 9.17) is 9.73 Å². The van der Waals surface area contributed by atoms with Gasteiger partial charge >= 0.3 is 0 Å². The van der Waals surface area contributed by atoms with E-state index in [-0.39, 0.29) is 12.5 Å². The van der Waals surface area contributed by atoms with Crippen molar-refractivity contribution in [2.24, 2.45) is 4.99 Å². The summed E-state index contributed by atoms with van der Waals surface area (Å²) in [6, 6.07) is 25.8. The second-order valence-electron chi connectivity index (χ2n) is 7.08. The first-order chi connectivity index (χ1) is 14.7. The molecule has 1 amide bonds. The number of thioether (sulfide) groups is 1. The summed E-state index contributed by atoms with van der Waals surface area (Å²) in [4.78, 5) is 19.5. The Labute approximate surface area is 181 Å². The Morgan fingerprint density at radius 2 is 1.73 bits per heavy atom. The molecule has 1 aliphatic heterocycles. The molecule has 0 bridgehead atoms. The lowest BCUT2D eigenvalue weighted by molar-refractivity contribution is -0.129. The number of aliphatic imine (C=N–C) groups is 1. The minimum absolute atomic E-state index is 0.0167. The van der Waals surface area contributed by atoms with Gasteiger partial charge in [-0.15, -0.1) is 0 Å². The van der Waals surface area contributed by atoms with Crippen LogP contribution in [0.4, 0.5) is 5.69 Å². The van der Waals surface area contributed by atoms with E-state index in [1.807, 2.05) is 85.8 Å². The van der Waals surface area contributed by atoms with Crippen molar-refractivity contribution in [3.05, 3.63) is 84.4 Å². The molecular weight excluding hydrogens is 392 g/mol. The fourth-order valence-corrected chi connectivity index (χ4v) is 4.31. The third kappa shape index (κ3) is 4.74. The van der Waals surface area contributed by atoms with Crippen LogP contribution < -0.4 is 4.74 Å². The molecule has 0 atom stereocenters. The molecule has 5 heteroatoms. The summed E-state index contributed by atoms with van der Waals surface area (Å²) >= 11 is 1.62. The standard InChI is InChI=1S/C25H24N2O2S/c1-19-10-5-7-14-22(19)26-25-27(16-9-17-30-25)24(28)18-29-23-15-8-6-13-21(23)20-11-3-2-4-12-20/h2-8,10-15H,9,16-18H2,1H3. The molecule has 0 aromatic heterocycles. The lowest BCUT2D eigenvalue weighted by atomic mass is 10.1. The number of nitrogens with zero attached hydrogens (tertiary/aromatic N) is 2. The smallest absolute Gasteiger partial charge is 0.266 e. The average molecular weight is 417 g/mol. The lowest BCUT2D eigenvalue weighted by Gasteiger charge is -2.28. The van der Waals surface area contributed by atoms with Gasteiger partial charge in [-0.3, -0.25) is 9.69 Å². The molecule has 3 aromatic rings.